The van der Waals surface area contributed by atoms with Crippen molar-refractivity contribution in [1.82, 2.24) is 0 Å². The maximum atomic E-state index is 11.4. The number of halogens is 1. The van der Waals surface area contributed by atoms with E-state index in [4.69, 9.17) is 10.5 Å². The Labute approximate surface area is 108 Å². The number of amides is 1. The Morgan fingerprint density at radius 3 is 2.76 bits per heavy atom. The average molecular weight is 259 g/mol. The number of ether oxygens (including phenoxy) is 1. The molecule has 0 radical (unpaired) electrons. The van der Waals surface area contributed by atoms with Crippen LogP contribution >= 0.6 is 12.4 Å². The molecule has 0 fully saturated rings. The molecule has 5 heteroatoms. The van der Waals surface area contributed by atoms with Crippen molar-refractivity contribution in [1.29, 1.82) is 0 Å². The molecule has 1 rings (SSSR count). The van der Waals surface area contributed by atoms with Crippen LogP contribution in [0.4, 0.5) is 5.69 Å². The maximum absolute atomic E-state index is 11.4. The molecule has 96 valence electrons. The van der Waals surface area contributed by atoms with Crippen LogP contribution in [0.25, 0.3) is 0 Å². The zero-order chi connectivity index (χ0) is 11.8. The van der Waals surface area contributed by atoms with Crippen LogP contribution in [0.1, 0.15) is 19.8 Å². The highest BCUT2D eigenvalue weighted by molar-refractivity contribution is 5.92. The third-order valence-corrected chi connectivity index (χ3v) is 1.99. The summed E-state index contributed by atoms with van der Waals surface area (Å²) in [7, 11) is 0. The summed E-state index contributed by atoms with van der Waals surface area (Å²) in [6.45, 7) is 3.03. The fourth-order valence-electron chi connectivity index (χ4n) is 1.25. The highest BCUT2D eigenvalue weighted by Gasteiger charge is 2.06. The van der Waals surface area contributed by atoms with Gasteiger partial charge in [0.15, 0.2) is 0 Å². The van der Waals surface area contributed by atoms with Gasteiger partial charge in [-0.1, -0.05) is 19.1 Å². The molecule has 0 heterocycles. The van der Waals surface area contributed by atoms with Crippen molar-refractivity contribution in [2.75, 3.05) is 18.5 Å². The van der Waals surface area contributed by atoms with Crippen molar-refractivity contribution in [2.45, 2.75) is 19.8 Å². The number of carbonyl (C=O) groups is 1. The molecule has 0 bridgehead atoms. The third-order valence-electron chi connectivity index (χ3n) is 1.99. The van der Waals surface area contributed by atoms with E-state index in [2.05, 4.69) is 5.32 Å². The van der Waals surface area contributed by atoms with Gasteiger partial charge in [-0.25, -0.2) is 0 Å². The fourth-order valence-corrected chi connectivity index (χ4v) is 1.25. The van der Waals surface area contributed by atoms with Crippen molar-refractivity contribution in [3.8, 4) is 5.75 Å². The zero-order valence-corrected chi connectivity index (χ0v) is 10.8. The molecular formula is C12H19ClN2O2. The number of carbonyl (C=O) groups excluding carboxylic acids is 1. The summed E-state index contributed by atoms with van der Waals surface area (Å²) in [6.07, 6.45) is 1.26. The van der Waals surface area contributed by atoms with E-state index in [1.54, 1.807) is 0 Å². The van der Waals surface area contributed by atoms with Gasteiger partial charge < -0.3 is 15.8 Å². The number of anilines is 1. The summed E-state index contributed by atoms with van der Waals surface area (Å²) >= 11 is 0. The van der Waals surface area contributed by atoms with Gasteiger partial charge in [0, 0.05) is 13.0 Å². The molecule has 0 unspecified atom stereocenters. The Kier molecular flexibility index (Phi) is 8.19. The van der Waals surface area contributed by atoms with Crippen LogP contribution in [-0.4, -0.2) is 19.1 Å². The predicted molar refractivity (Wildman–Crippen MR) is 71.8 cm³/mol. The smallest absolute Gasteiger partial charge is 0.225 e. The van der Waals surface area contributed by atoms with E-state index in [1.165, 1.54) is 0 Å². The monoisotopic (exact) mass is 258 g/mol. The molecule has 1 amide bonds. The van der Waals surface area contributed by atoms with Crippen LogP contribution in [0.2, 0.25) is 0 Å². The Hall–Kier alpha value is -1.26. The second-order valence-electron chi connectivity index (χ2n) is 3.43. The highest BCUT2D eigenvalue weighted by Crippen LogP contribution is 2.23. The molecule has 1 aromatic rings. The van der Waals surface area contributed by atoms with Gasteiger partial charge in [0.1, 0.15) is 5.75 Å². The molecule has 0 aliphatic heterocycles. The molecule has 0 saturated heterocycles. The molecule has 4 nitrogen and oxygen atoms in total. The third kappa shape index (κ3) is 5.56. The molecule has 1 aromatic carbocycles. The van der Waals surface area contributed by atoms with Crippen molar-refractivity contribution >= 4 is 24.0 Å². The lowest BCUT2D eigenvalue weighted by Gasteiger charge is -2.11. The van der Waals surface area contributed by atoms with Gasteiger partial charge in [-0.05, 0) is 18.6 Å². The Bertz CT molecular complexity index is 345. The second kappa shape index (κ2) is 8.84. The second-order valence-corrected chi connectivity index (χ2v) is 3.43. The SMILES string of the molecule is CCCOc1ccccc1NC(=O)CCN.Cl. The van der Waals surface area contributed by atoms with E-state index in [9.17, 15) is 4.79 Å². The van der Waals surface area contributed by atoms with E-state index >= 15 is 0 Å². The van der Waals surface area contributed by atoms with Crippen LogP contribution in [0.15, 0.2) is 24.3 Å². The van der Waals surface area contributed by atoms with Crippen molar-refractivity contribution in [2.24, 2.45) is 5.73 Å². The Morgan fingerprint density at radius 1 is 1.41 bits per heavy atom. The van der Waals surface area contributed by atoms with E-state index in [-0.39, 0.29) is 18.3 Å². The molecule has 0 saturated carbocycles. The fraction of sp³-hybridized carbons (Fsp3) is 0.417. The number of benzene rings is 1. The molecule has 0 aromatic heterocycles. The number of hydrogen-bond acceptors (Lipinski definition) is 3. The van der Waals surface area contributed by atoms with Crippen molar-refractivity contribution < 1.29 is 9.53 Å². The molecule has 3 N–H and O–H groups in total. The molecule has 0 atom stereocenters. The summed E-state index contributed by atoms with van der Waals surface area (Å²) in [5, 5.41) is 2.78. The van der Waals surface area contributed by atoms with Gasteiger partial charge in [-0.15, -0.1) is 12.4 Å². The number of para-hydroxylation sites is 2. The van der Waals surface area contributed by atoms with Gasteiger partial charge in [0.2, 0.25) is 5.91 Å². The van der Waals surface area contributed by atoms with Crippen LogP contribution < -0.4 is 15.8 Å². The number of nitrogens with two attached hydrogens (primary N) is 1. The molecule has 0 spiro atoms. The Balaban J connectivity index is 0.00000256. The van der Waals surface area contributed by atoms with Crippen molar-refractivity contribution in [3.63, 3.8) is 0 Å². The molecule has 0 aliphatic rings. The normalized spacial score (nSPS) is 9.29. The van der Waals surface area contributed by atoms with Gasteiger partial charge in [0.25, 0.3) is 0 Å². The lowest BCUT2D eigenvalue weighted by atomic mass is 10.2. The van der Waals surface area contributed by atoms with E-state index < -0.39 is 0 Å². The number of rotatable bonds is 6. The lowest BCUT2D eigenvalue weighted by molar-refractivity contribution is -0.116. The average Bonchev–Trinajstić information content (AvgIpc) is 2.28. The summed E-state index contributed by atoms with van der Waals surface area (Å²) < 4.78 is 5.52. The van der Waals surface area contributed by atoms with Crippen LogP contribution in [0, 0.1) is 0 Å². The van der Waals surface area contributed by atoms with Gasteiger partial charge in [-0.3, -0.25) is 4.79 Å². The largest absolute Gasteiger partial charge is 0.491 e. The van der Waals surface area contributed by atoms with Crippen LogP contribution in [-0.2, 0) is 4.79 Å². The first kappa shape index (κ1) is 15.7. The van der Waals surface area contributed by atoms with Crippen LogP contribution in [0.5, 0.6) is 5.75 Å². The van der Waals surface area contributed by atoms with E-state index in [1.807, 2.05) is 31.2 Å². The topological polar surface area (TPSA) is 64.3 Å². The van der Waals surface area contributed by atoms with E-state index in [0.29, 0.717) is 31.0 Å². The first-order chi connectivity index (χ1) is 7.77. The van der Waals surface area contributed by atoms with Gasteiger partial charge >= 0.3 is 0 Å². The summed E-state index contributed by atoms with van der Waals surface area (Å²) in [5.41, 5.74) is 6.01. The van der Waals surface area contributed by atoms with E-state index in [0.717, 1.165) is 6.42 Å². The molecular weight excluding hydrogens is 240 g/mol. The van der Waals surface area contributed by atoms with Gasteiger partial charge in [0.05, 0.1) is 12.3 Å². The molecule has 0 aliphatic carbocycles. The molecule has 17 heavy (non-hydrogen) atoms. The van der Waals surface area contributed by atoms with Gasteiger partial charge in [-0.2, -0.15) is 0 Å². The predicted octanol–water partition coefficient (Wildman–Crippen LogP) is 2.18. The number of nitrogens with one attached hydrogen (secondary N) is 1. The van der Waals surface area contributed by atoms with Crippen LogP contribution in [0.3, 0.4) is 0 Å². The zero-order valence-electron chi connectivity index (χ0n) is 9.94. The summed E-state index contributed by atoms with van der Waals surface area (Å²) in [5.74, 6) is 0.616. The van der Waals surface area contributed by atoms with Crippen molar-refractivity contribution in [3.05, 3.63) is 24.3 Å². The maximum Gasteiger partial charge on any atom is 0.225 e. The lowest BCUT2D eigenvalue weighted by Crippen LogP contribution is -2.16. The first-order valence-corrected chi connectivity index (χ1v) is 5.49. The summed E-state index contributed by atoms with van der Waals surface area (Å²) in [4.78, 5) is 11.4. The first-order valence-electron chi connectivity index (χ1n) is 5.49. The number of hydrogen-bond donors (Lipinski definition) is 2. The highest BCUT2D eigenvalue weighted by atomic mass is 35.5. The summed E-state index contributed by atoms with van der Waals surface area (Å²) in [6, 6.07) is 7.40. The standard InChI is InChI=1S/C12H18N2O2.ClH/c1-2-9-16-11-6-4-3-5-10(11)14-12(15)7-8-13;/h3-6H,2,7-9,13H2,1H3,(H,14,15);1H. The minimum Gasteiger partial charge on any atom is -0.491 e. The Morgan fingerprint density at radius 2 is 2.12 bits per heavy atom. The minimum absolute atomic E-state index is 0. The quantitative estimate of drug-likeness (QED) is 0.822. The minimum atomic E-state index is -0.0879.